The maximum absolute atomic E-state index is 13.2. The van der Waals surface area contributed by atoms with Crippen molar-refractivity contribution in [2.45, 2.75) is 38.8 Å². The van der Waals surface area contributed by atoms with Crippen molar-refractivity contribution in [3.05, 3.63) is 41.9 Å². The van der Waals surface area contributed by atoms with Gasteiger partial charge in [0.05, 0.1) is 36.5 Å². The number of piperazine rings is 1. The second-order valence-corrected chi connectivity index (χ2v) is 7.72. The minimum atomic E-state index is -0.349. The van der Waals surface area contributed by atoms with Crippen molar-refractivity contribution in [3.8, 4) is 5.82 Å². The normalized spacial score (nSPS) is 23.4. The van der Waals surface area contributed by atoms with Crippen LogP contribution in [0.3, 0.4) is 0 Å². The summed E-state index contributed by atoms with van der Waals surface area (Å²) in [4.78, 5) is 45.9. The molecule has 0 bridgehead atoms. The molecule has 0 unspecified atom stereocenters. The molecule has 30 heavy (non-hydrogen) atoms. The van der Waals surface area contributed by atoms with Gasteiger partial charge < -0.3 is 14.5 Å². The molecule has 2 aliphatic heterocycles. The van der Waals surface area contributed by atoms with E-state index in [4.69, 9.17) is 4.74 Å². The third-order valence-electron chi connectivity index (χ3n) is 6.10. The van der Waals surface area contributed by atoms with Crippen molar-refractivity contribution in [3.63, 3.8) is 0 Å². The molecule has 9 nitrogen and oxygen atoms in total. The summed E-state index contributed by atoms with van der Waals surface area (Å²) in [7, 11) is 1.37. The Labute approximate surface area is 174 Å². The fourth-order valence-corrected chi connectivity index (χ4v) is 4.68. The molecule has 0 aromatic carbocycles. The van der Waals surface area contributed by atoms with Crippen molar-refractivity contribution in [1.82, 2.24) is 24.6 Å². The summed E-state index contributed by atoms with van der Waals surface area (Å²) in [5.41, 5.74) is 1.11. The monoisotopic (exact) mass is 411 g/mol. The molecular formula is C21H25N5O4. The standard InChI is InChI=1S/C21H25N5O4/c1-4-17-15(21(29)30-3)9-14-11-24(12-19(27)25(14)17)20(28)16-10-23-26(13(16)2)18-7-5-6-8-22-18/h5-8,10,14-15,17H,4,9,11-12H2,1-3H3/t14-,15-,17-/m0/s1. The number of carbonyl (C=O) groups is 3. The minimum Gasteiger partial charge on any atom is -0.469 e. The van der Waals surface area contributed by atoms with E-state index in [-0.39, 0.29) is 42.3 Å². The van der Waals surface area contributed by atoms with Crippen LogP contribution in [0.25, 0.3) is 5.82 Å². The molecule has 4 rings (SSSR count). The number of hydrogen-bond acceptors (Lipinski definition) is 6. The smallest absolute Gasteiger partial charge is 0.310 e. The fraction of sp³-hybridized carbons (Fsp3) is 0.476. The van der Waals surface area contributed by atoms with E-state index in [1.54, 1.807) is 20.7 Å². The summed E-state index contributed by atoms with van der Waals surface area (Å²) in [6.45, 7) is 4.16. The van der Waals surface area contributed by atoms with E-state index < -0.39 is 0 Å². The van der Waals surface area contributed by atoms with Gasteiger partial charge in [-0.2, -0.15) is 5.10 Å². The van der Waals surface area contributed by atoms with Crippen LogP contribution in [0.2, 0.25) is 0 Å². The highest BCUT2D eigenvalue weighted by atomic mass is 16.5. The topological polar surface area (TPSA) is 97.6 Å². The van der Waals surface area contributed by atoms with Crippen LogP contribution in [0.15, 0.2) is 30.6 Å². The molecule has 2 amide bonds. The SMILES string of the molecule is CC[C@H]1[C@@H](C(=O)OC)C[C@H]2CN(C(=O)c3cnn(-c4ccccn4)c3C)CC(=O)N21. The van der Waals surface area contributed by atoms with Gasteiger partial charge in [-0.25, -0.2) is 9.67 Å². The Balaban J connectivity index is 1.56. The Morgan fingerprint density at radius 3 is 2.77 bits per heavy atom. The van der Waals surface area contributed by atoms with Crippen molar-refractivity contribution < 1.29 is 19.1 Å². The number of nitrogens with zero attached hydrogens (tertiary/aromatic N) is 5. The van der Waals surface area contributed by atoms with Crippen LogP contribution >= 0.6 is 0 Å². The van der Waals surface area contributed by atoms with Gasteiger partial charge in [0.2, 0.25) is 5.91 Å². The van der Waals surface area contributed by atoms with Gasteiger partial charge in [-0.3, -0.25) is 14.4 Å². The molecule has 0 aliphatic carbocycles. The highest BCUT2D eigenvalue weighted by Crippen LogP contribution is 2.35. The maximum atomic E-state index is 13.2. The first kappa shape index (κ1) is 20.1. The van der Waals surface area contributed by atoms with Crippen molar-refractivity contribution >= 4 is 17.8 Å². The summed E-state index contributed by atoms with van der Waals surface area (Å²) >= 11 is 0. The van der Waals surface area contributed by atoms with E-state index in [0.717, 1.165) is 0 Å². The van der Waals surface area contributed by atoms with Crippen LogP contribution in [0, 0.1) is 12.8 Å². The lowest BCUT2D eigenvalue weighted by Gasteiger charge is -2.39. The molecule has 3 atom stereocenters. The van der Waals surface area contributed by atoms with Gasteiger partial charge in [-0.1, -0.05) is 13.0 Å². The van der Waals surface area contributed by atoms with Gasteiger partial charge >= 0.3 is 5.97 Å². The molecule has 0 saturated carbocycles. The predicted octanol–water partition coefficient (Wildman–Crippen LogP) is 1.20. The number of amides is 2. The summed E-state index contributed by atoms with van der Waals surface area (Å²) < 4.78 is 6.55. The molecule has 2 aliphatic rings. The Hall–Kier alpha value is -3.23. The molecule has 2 aromatic heterocycles. The van der Waals surface area contributed by atoms with Crippen LogP contribution in [0.5, 0.6) is 0 Å². The van der Waals surface area contributed by atoms with E-state index in [0.29, 0.717) is 36.5 Å². The number of fused-ring (bicyclic) bond motifs is 1. The van der Waals surface area contributed by atoms with E-state index in [1.165, 1.54) is 13.3 Å². The number of carbonyl (C=O) groups excluding carboxylic acids is 3. The Kier molecular flexibility index (Phi) is 5.27. The number of methoxy groups -OCH3 is 1. The second-order valence-electron chi connectivity index (χ2n) is 7.72. The van der Waals surface area contributed by atoms with Gasteiger partial charge in [-0.05, 0) is 31.9 Å². The van der Waals surface area contributed by atoms with Gasteiger partial charge in [0.25, 0.3) is 5.91 Å². The van der Waals surface area contributed by atoms with Gasteiger partial charge in [0.15, 0.2) is 5.82 Å². The van der Waals surface area contributed by atoms with Crippen LogP contribution in [-0.4, -0.2) is 74.6 Å². The van der Waals surface area contributed by atoms with E-state index in [9.17, 15) is 14.4 Å². The molecule has 2 aromatic rings. The highest BCUT2D eigenvalue weighted by Gasteiger charge is 2.50. The summed E-state index contributed by atoms with van der Waals surface area (Å²) in [6.07, 6.45) is 4.36. The number of rotatable bonds is 4. The number of aromatic nitrogens is 3. The molecular weight excluding hydrogens is 386 g/mol. The average Bonchev–Trinajstić information content (AvgIpc) is 3.33. The summed E-state index contributed by atoms with van der Waals surface area (Å²) in [5.74, 6) is -0.394. The van der Waals surface area contributed by atoms with Crippen LogP contribution in [0.1, 0.15) is 35.8 Å². The van der Waals surface area contributed by atoms with E-state index in [2.05, 4.69) is 10.1 Å². The van der Waals surface area contributed by atoms with Crippen LogP contribution in [-0.2, 0) is 14.3 Å². The molecule has 4 heterocycles. The zero-order valence-corrected chi connectivity index (χ0v) is 17.3. The molecule has 0 spiro atoms. The number of ether oxygens (including phenoxy) is 1. The van der Waals surface area contributed by atoms with Gasteiger partial charge in [0, 0.05) is 18.8 Å². The summed E-state index contributed by atoms with van der Waals surface area (Å²) in [6, 6.07) is 5.11. The number of hydrogen-bond donors (Lipinski definition) is 0. The zero-order chi connectivity index (χ0) is 21.4. The van der Waals surface area contributed by atoms with Crippen molar-refractivity contribution in [2.24, 2.45) is 5.92 Å². The second kappa shape index (κ2) is 7.89. The first-order chi connectivity index (χ1) is 14.5. The lowest BCUT2D eigenvalue weighted by molar-refractivity contribution is -0.147. The largest absolute Gasteiger partial charge is 0.469 e. The average molecular weight is 411 g/mol. The minimum absolute atomic E-state index is 0.00602. The van der Waals surface area contributed by atoms with Gasteiger partial charge in [-0.15, -0.1) is 0 Å². The molecule has 2 saturated heterocycles. The zero-order valence-electron chi connectivity index (χ0n) is 17.3. The van der Waals surface area contributed by atoms with Gasteiger partial charge in [0.1, 0.15) is 6.54 Å². The first-order valence-corrected chi connectivity index (χ1v) is 10.1. The third-order valence-corrected chi connectivity index (χ3v) is 6.10. The molecule has 0 N–H and O–H groups in total. The lowest BCUT2D eigenvalue weighted by Crippen LogP contribution is -2.57. The predicted molar refractivity (Wildman–Crippen MR) is 107 cm³/mol. The van der Waals surface area contributed by atoms with E-state index in [1.807, 2.05) is 32.0 Å². The Morgan fingerprint density at radius 1 is 1.30 bits per heavy atom. The van der Waals surface area contributed by atoms with E-state index >= 15 is 0 Å². The molecule has 2 fully saturated rings. The maximum Gasteiger partial charge on any atom is 0.310 e. The number of pyridine rings is 1. The Morgan fingerprint density at radius 2 is 2.10 bits per heavy atom. The molecule has 0 radical (unpaired) electrons. The first-order valence-electron chi connectivity index (χ1n) is 10.1. The third kappa shape index (κ3) is 3.24. The number of esters is 1. The molecule has 158 valence electrons. The van der Waals surface area contributed by atoms with Crippen molar-refractivity contribution in [2.75, 3.05) is 20.2 Å². The highest BCUT2D eigenvalue weighted by molar-refractivity contribution is 5.98. The fourth-order valence-electron chi connectivity index (χ4n) is 4.68. The summed E-state index contributed by atoms with van der Waals surface area (Å²) in [5, 5.41) is 4.31. The van der Waals surface area contributed by atoms with Crippen molar-refractivity contribution in [1.29, 1.82) is 0 Å². The van der Waals surface area contributed by atoms with Crippen LogP contribution in [0.4, 0.5) is 0 Å². The molecule has 9 heteroatoms. The quantitative estimate of drug-likeness (QED) is 0.702. The van der Waals surface area contributed by atoms with Crippen LogP contribution < -0.4 is 0 Å². The Bertz CT molecular complexity index is 973. The lowest BCUT2D eigenvalue weighted by atomic mass is 9.97.